The number of hydrogen-bond donors (Lipinski definition) is 2. The lowest BCUT2D eigenvalue weighted by Gasteiger charge is -2.37. The number of hydrogen-bond acceptors (Lipinski definition) is 6. The highest BCUT2D eigenvalue weighted by Crippen LogP contribution is 2.22. The average molecular weight is 345 g/mol. The van der Waals surface area contributed by atoms with Gasteiger partial charge in [-0.1, -0.05) is 0 Å². The van der Waals surface area contributed by atoms with E-state index in [1.807, 2.05) is 7.05 Å². The van der Waals surface area contributed by atoms with Gasteiger partial charge in [0.15, 0.2) is 5.96 Å². The van der Waals surface area contributed by atoms with Gasteiger partial charge in [-0.3, -0.25) is 9.98 Å². The molecule has 0 unspecified atom stereocenters. The molecule has 2 N–H and O–H groups in total. The van der Waals surface area contributed by atoms with E-state index in [1.54, 1.807) is 29.9 Å². The molecule has 0 amide bonds. The second-order valence-corrected chi connectivity index (χ2v) is 6.34. The monoisotopic (exact) mass is 345 g/mol. The molecule has 128 valence electrons. The zero-order valence-corrected chi connectivity index (χ0v) is 14.7. The van der Waals surface area contributed by atoms with Gasteiger partial charge in [0.2, 0.25) is 0 Å². The van der Waals surface area contributed by atoms with Crippen LogP contribution in [-0.4, -0.2) is 67.1 Å². The largest absolute Gasteiger partial charge is 0.367 e. The highest BCUT2D eigenvalue weighted by molar-refractivity contribution is 7.14. The van der Waals surface area contributed by atoms with E-state index in [4.69, 9.17) is 0 Å². The second kappa shape index (κ2) is 8.49. The summed E-state index contributed by atoms with van der Waals surface area (Å²) in [5, 5.41) is 10.1. The smallest absolute Gasteiger partial charge is 0.193 e. The van der Waals surface area contributed by atoms with Crippen LogP contribution in [0.2, 0.25) is 0 Å². The maximum absolute atomic E-state index is 4.40. The molecule has 3 rings (SSSR count). The Balaban J connectivity index is 1.40. The van der Waals surface area contributed by atoms with Gasteiger partial charge in [0.25, 0.3) is 0 Å². The van der Waals surface area contributed by atoms with Crippen LogP contribution in [0.1, 0.15) is 0 Å². The second-order valence-electron chi connectivity index (χ2n) is 5.42. The van der Waals surface area contributed by atoms with Gasteiger partial charge in [0.1, 0.15) is 5.82 Å². The van der Waals surface area contributed by atoms with Crippen molar-refractivity contribution in [3.05, 3.63) is 36.1 Å². The number of thiophene rings is 1. The number of aromatic nitrogens is 2. The molecule has 0 atom stereocenters. The van der Waals surface area contributed by atoms with Crippen molar-refractivity contribution in [2.45, 2.75) is 0 Å². The van der Waals surface area contributed by atoms with Crippen LogP contribution >= 0.6 is 11.3 Å². The standard InChI is InChI=1S/C16H23N7S/c1-17-16(21-7-6-20-14-13-18-4-5-19-14)23-10-8-22(9-11-23)15-3-2-12-24-15/h2-5,12-13H,6-11H2,1H3,(H,17,21)(H,19,20). The van der Waals surface area contributed by atoms with Gasteiger partial charge in [-0.05, 0) is 17.5 Å². The Morgan fingerprint density at radius 2 is 2.12 bits per heavy atom. The number of anilines is 2. The molecule has 24 heavy (non-hydrogen) atoms. The third-order valence-corrected chi connectivity index (χ3v) is 4.82. The number of piperazine rings is 1. The van der Waals surface area contributed by atoms with E-state index < -0.39 is 0 Å². The summed E-state index contributed by atoms with van der Waals surface area (Å²) in [6.07, 6.45) is 5.07. The normalized spacial score (nSPS) is 15.5. The number of rotatable bonds is 5. The molecule has 2 aromatic heterocycles. The Labute approximate surface area is 146 Å². The molecule has 0 bridgehead atoms. The van der Waals surface area contributed by atoms with Gasteiger partial charge in [-0.25, -0.2) is 4.98 Å². The molecule has 0 aliphatic carbocycles. The quantitative estimate of drug-likeness (QED) is 0.484. The van der Waals surface area contributed by atoms with Crippen LogP contribution in [0.5, 0.6) is 0 Å². The van der Waals surface area contributed by atoms with E-state index in [9.17, 15) is 0 Å². The summed E-state index contributed by atoms with van der Waals surface area (Å²) in [4.78, 5) is 17.4. The van der Waals surface area contributed by atoms with E-state index in [0.717, 1.165) is 51.0 Å². The van der Waals surface area contributed by atoms with Crippen molar-refractivity contribution < 1.29 is 0 Å². The Morgan fingerprint density at radius 3 is 2.79 bits per heavy atom. The van der Waals surface area contributed by atoms with Crippen LogP contribution in [0.25, 0.3) is 0 Å². The first-order chi connectivity index (χ1) is 11.9. The third kappa shape index (κ3) is 4.35. The van der Waals surface area contributed by atoms with E-state index >= 15 is 0 Å². The first-order valence-electron chi connectivity index (χ1n) is 8.11. The highest BCUT2D eigenvalue weighted by atomic mass is 32.1. The SMILES string of the molecule is CN=C(NCCNc1cnccn1)N1CCN(c2cccs2)CC1. The Bertz CT molecular complexity index is 621. The molecular weight excluding hydrogens is 322 g/mol. The predicted octanol–water partition coefficient (Wildman–Crippen LogP) is 1.35. The molecule has 1 fully saturated rings. The van der Waals surface area contributed by atoms with Gasteiger partial charge < -0.3 is 20.4 Å². The van der Waals surface area contributed by atoms with Gasteiger partial charge in [0, 0.05) is 58.7 Å². The summed E-state index contributed by atoms with van der Waals surface area (Å²) < 4.78 is 0. The molecule has 2 aromatic rings. The first kappa shape index (κ1) is 16.5. The molecule has 1 aliphatic rings. The fourth-order valence-corrected chi connectivity index (χ4v) is 3.46. The van der Waals surface area contributed by atoms with Gasteiger partial charge in [-0.15, -0.1) is 11.3 Å². The first-order valence-corrected chi connectivity index (χ1v) is 8.99. The minimum atomic E-state index is 0.771. The predicted molar refractivity (Wildman–Crippen MR) is 100.0 cm³/mol. The van der Waals surface area contributed by atoms with Crippen molar-refractivity contribution in [3.63, 3.8) is 0 Å². The van der Waals surface area contributed by atoms with Crippen LogP contribution < -0.4 is 15.5 Å². The van der Waals surface area contributed by atoms with Crippen LogP contribution in [-0.2, 0) is 0 Å². The van der Waals surface area contributed by atoms with Gasteiger partial charge >= 0.3 is 0 Å². The Hall–Kier alpha value is -2.35. The zero-order chi connectivity index (χ0) is 16.6. The molecule has 7 nitrogen and oxygen atoms in total. The van der Waals surface area contributed by atoms with Crippen molar-refractivity contribution in [1.82, 2.24) is 20.2 Å². The zero-order valence-electron chi connectivity index (χ0n) is 13.9. The van der Waals surface area contributed by atoms with Gasteiger partial charge in [-0.2, -0.15) is 0 Å². The van der Waals surface area contributed by atoms with E-state index in [1.165, 1.54) is 5.00 Å². The van der Waals surface area contributed by atoms with Crippen molar-refractivity contribution in [3.8, 4) is 0 Å². The number of aliphatic imine (C=N–C) groups is 1. The fourth-order valence-electron chi connectivity index (χ4n) is 2.68. The minimum Gasteiger partial charge on any atom is -0.367 e. The Morgan fingerprint density at radius 1 is 1.25 bits per heavy atom. The lowest BCUT2D eigenvalue weighted by Crippen LogP contribution is -2.53. The maximum atomic E-state index is 4.40. The van der Waals surface area contributed by atoms with Crippen LogP contribution in [0.4, 0.5) is 10.8 Å². The molecule has 0 spiro atoms. The van der Waals surface area contributed by atoms with Crippen LogP contribution in [0, 0.1) is 0 Å². The number of nitrogens with zero attached hydrogens (tertiary/aromatic N) is 5. The van der Waals surface area contributed by atoms with Crippen molar-refractivity contribution in [1.29, 1.82) is 0 Å². The molecule has 8 heteroatoms. The van der Waals surface area contributed by atoms with Crippen molar-refractivity contribution in [2.75, 3.05) is 56.5 Å². The lowest BCUT2D eigenvalue weighted by atomic mass is 10.3. The highest BCUT2D eigenvalue weighted by Gasteiger charge is 2.19. The molecule has 1 saturated heterocycles. The number of nitrogens with one attached hydrogen (secondary N) is 2. The minimum absolute atomic E-state index is 0.771. The Kier molecular flexibility index (Phi) is 5.84. The topological polar surface area (TPSA) is 68.7 Å². The van der Waals surface area contributed by atoms with Crippen LogP contribution in [0.3, 0.4) is 0 Å². The van der Waals surface area contributed by atoms with Crippen molar-refractivity contribution >= 4 is 28.1 Å². The molecule has 0 aromatic carbocycles. The lowest BCUT2D eigenvalue weighted by molar-refractivity contribution is 0.374. The summed E-state index contributed by atoms with van der Waals surface area (Å²) in [5.41, 5.74) is 0. The molecule has 0 radical (unpaired) electrons. The van der Waals surface area contributed by atoms with E-state index in [0.29, 0.717) is 0 Å². The van der Waals surface area contributed by atoms with Crippen molar-refractivity contribution in [2.24, 2.45) is 4.99 Å². The summed E-state index contributed by atoms with van der Waals surface area (Å²) in [5.74, 6) is 1.75. The summed E-state index contributed by atoms with van der Waals surface area (Å²) >= 11 is 1.80. The maximum Gasteiger partial charge on any atom is 0.193 e. The third-order valence-electron chi connectivity index (χ3n) is 3.89. The molecule has 3 heterocycles. The fraction of sp³-hybridized carbons (Fsp3) is 0.438. The van der Waals surface area contributed by atoms with Crippen LogP contribution in [0.15, 0.2) is 41.1 Å². The van der Waals surface area contributed by atoms with Gasteiger partial charge in [0.05, 0.1) is 11.2 Å². The summed E-state index contributed by atoms with van der Waals surface area (Å²) in [6, 6.07) is 4.29. The molecular formula is C16H23N7S. The van der Waals surface area contributed by atoms with E-state index in [-0.39, 0.29) is 0 Å². The van der Waals surface area contributed by atoms with E-state index in [2.05, 4.69) is 52.9 Å². The number of guanidine groups is 1. The molecule has 1 aliphatic heterocycles. The summed E-state index contributed by atoms with van der Waals surface area (Å²) in [6.45, 7) is 5.57. The summed E-state index contributed by atoms with van der Waals surface area (Å²) in [7, 11) is 1.84. The average Bonchev–Trinajstić information content (AvgIpc) is 3.18. The molecule has 0 saturated carbocycles.